The van der Waals surface area contributed by atoms with E-state index in [1.54, 1.807) is 0 Å². The van der Waals surface area contributed by atoms with Gasteiger partial charge in [0.25, 0.3) is 0 Å². The fraction of sp³-hybridized carbons (Fsp3) is 0.625. The minimum atomic E-state index is -2.93. The molecule has 1 rings (SSSR count). The van der Waals surface area contributed by atoms with Crippen LogP contribution in [0.5, 0.6) is 0 Å². The molecule has 0 saturated carbocycles. The molecule has 0 bridgehead atoms. The lowest BCUT2D eigenvalue weighted by atomic mass is 9.69. The maximum Gasteiger partial charge on any atom is 0.147 e. The number of hydrogen-bond acceptors (Lipinski definition) is 3. The van der Waals surface area contributed by atoms with E-state index in [-0.39, 0.29) is 17.2 Å². The first kappa shape index (κ1) is 17.2. The summed E-state index contributed by atoms with van der Waals surface area (Å²) in [5.41, 5.74) is 1.28. The highest BCUT2D eigenvalue weighted by molar-refractivity contribution is 7.90. The number of nitrogens with one attached hydrogen (secondary N) is 1. The Labute approximate surface area is 123 Å². The van der Waals surface area contributed by atoms with Gasteiger partial charge in [0.2, 0.25) is 0 Å². The van der Waals surface area contributed by atoms with Gasteiger partial charge in [-0.2, -0.15) is 0 Å². The molecule has 1 aromatic carbocycles. The zero-order valence-electron chi connectivity index (χ0n) is 13.0. The number of rotatable bonds is 8. The van der Waals surface area contributed by atoms with Gasteiger partial charge in [-0.15, -0.1) is 0 Å². The minimum Gasteiger partial charge on any atom is -0.316 e. The van der Waals surface area contributed by atoms with Crippen LogP contribution in [0.3, 0.4) is 0 Å². The third-order valence-corrected chi connectivity index (χ3v) is 5.38. The van der Waals surface area contributed by atoms with Crippen LogP contribution < -0.4 is 5.32 Å². The van der Waals surface area contributed by atoms with Gasteiger partial charge < -0.3 is 5.32 Å². The molecule has 1 N–H and O–H groups in total. The van der Waals surface area contributed by atoms with Gasteiger partial charge >= 0.3 is 0 Å². The van der Waals surface area contributed by atoms with Crippen LogP contribution in [0.1, 0.15) is 38.7 Å². The van der Waals surface area contributed by atoms with Gasteiger partial charge in [0.15, 0.2) is 0 Å². The van der Waals surface area contributed by atoms with Gasteiger partial charge in [-0.25, -0.2) is 8.42 Å². The first-order valence-electron chi connectivity index (χ1n) is 7.30. The number of benzene rings is 1. The van der Waals surface area contributed by atoms with Crippen LogP contribution in [0, 0.1) is 0 Å². The SMILES string of the molecule is CCC(CC)(c1ccccc1)C(CCS(C)(=O)=O)NC. The summed E-state index contributed by atoms with van der Waals surface area (Å²) in [7, 11) is -1.00. The molecule has 1 unspecified atom stereocenters. The summed E-state index contributed by atoms with van der Waals surface area (Å²) >= 11 is 0. The Morgan fingerprint density at radius 2 is 1.70 bits per heavy atom. The maximum atomic E-state index is 11.5. The van der Waals surface area contributed by atoms with Crippen molar-refractivity contribution in [2.75, 3.05) is 19.1 Å². The minimum absolute atomic E-state index is 0.0132. The molecular weight excluding hydrogens is 270 g/mol. The molecule has 0 aliphatic heterocycles. The second-order valence-electron chi connectivity index (χ2n) is 5.49. The molecule has 1 atom stereocenters. The van der Waals surface area contributed by atoms with Crippen LogP contribution in [0.4, 0.5) is 0 Å². The van der Waals surface area contributed by atoms with Crippen molar-refractivity contribution in [2.45, 2.75) is 44.6 Å². The molecule has 0 aliphatic carbocycles. The van der Waals surface area contributed by atoms with Crippen LogP contribution in [0.2, 0.25) is 0 Å². The molecule has 0 amide bonds. The Kier molecular flexibility index (Phi) is 6.21. The van der Waals surface area contributed by atoms with Crippen molar-refractivity contribution in [3.8, 4) is 0 Å². The molecule has 1 aromatic rings. The highest BCUT2D eigenvalue weighted by Gasteiger charge is 2.36. The molecule has 3 nitrogen and oxygen atoms in total. The fourth-order valence-electron chi connectivity index (χ4n) is 3.15. The van der Waals surface area contributed by atoms with Crippen molar-refractivity contribution in [3.05, 3.63) is 35.9 Å². The van der Waals surface area contributed by atoms with Gasteiger partial charge in [-0.3, -0.25) is 0 Å². The summed E-state index contributed by atoms with van der Waals surface area (Å²) in [6, 6.07) is 10.6. The van der Waals surface area contributed by atoms with E-state index in [0.29, 0.717) is 6.42 Å². The van der Waals surface area contributed by atoms with E-state index in [0.717, 1.165) is 12.8 Å². The van der Waals surface area contributed by atoms with Gasteiger partial charge in [0, 0.05) is 17.7 Å². The van der Waals surface area contributed by atoms with Gasteiger partial charge in [0.05, 0.1) is 5.75 Å². The molecule has 4 heteroatoms. The van der Waals surface area contributed by atoms with E-state index in [1.165, 1.54) is 11.8 Å². The molecule has 0 saturated heterocycles. The standard InChI is InChI=1S/C16H27NO2S/c1-5-16(6-2,14-10-8-7-9-11-14)15(17-3)12-13-20(4,18)19/h7-11,15,17H,5-6,12-13H2,1-4H3. The predicted molar refractivity (Wildman–Crippen MR) is 85.9 cm³/mol. The molecule has 0 radical (unpaired) electrons. The van der Waals surface area contributed by atoms with E-state index in [1.807, 2.05) is 13.1 Å². The van der Waals surface area contributed by atoms with E-state index in [9.17, 15) is 8.42 Å². The van der Waals surface area contributed by atoms with Crippen LogP contribution in [0.25, 0.3) is 0 Å². The lowest BCUT2D eigenvalue weighted by molar-refractivity contribution is 0.276. The number of likely N-dealkylation sites (N-methyl/N-ethyl adjacent to an activating group) is 1. The van der Waals surface area contributed by atoms with Crippen molar-refractivity contribution in [3.63, 3.8) is 0 Å². The molecule has 20 heavy (non-hydrogen) atoms. The van der Waals surface area contributed by atoms with Gasteiger partial charge in [-0.05, 0) is 31.9 Å². The van der Waals surface area contributed by atoms with Crippen molar-refractivity contribution < 1.29 is 8.42 Å². The smallest absolute Gasteiger partial charge is 0.147 e. The Bertz CT molecular complexity index is 492. The Morgan fingerprint density at radius 3 is 2.10 bits per heavy atom. The summed E-state index contributed by atoms with van der Waals surface area (Å²) in [5, 5.41) is 3.35. The molecule has 0 aromatic heterocycles. The largest absolute Gasteiger partial charge is 0.316 e. The van der Waals surface area contributed by atoms with Crippen molar-refractivity contribution >= 4 is 9.84 Å². The highest BCUT2D eigenvalue weighted by atomic mass is 32.2. The van der Waals surface area contributed by atoms with E-state index >= 15 is 0 Å². The fourth-order valence-corrected chi connectivity index (χ4v) is 3.82. The third-order valence-electron chi connectivity index (χ3n) is 4.40. The van der Waals surface area contributed by atoms with Crippen LogP contribution in [-0.2, 0) is 15.3 Å². The Balaban J connectivity index is 3.09. The van der Waals surface area contributed by atoms with E-state index < -0.39 is 9.84 Å². The summed E-state index contributed by atoms with van der Waals surface area (Å²) in [6.45, 7) is 4.36. The van der Waals surface area contributed by atoms with Crippen molar-refractivity contribution in [2.24, 2.45) is 0 Å². The molecule has 0 aliphatic rings. The average Bonchev–Trinajstić information content (AvgIpc) is 2.43. The maximum absolute atomic E-state index is 11.5. The van der Waals surface area contributed by atoms with Gasteiger partial charge in [0.1, 0.15) is 9.84 Å². The van der Waals surface area contributed by atoms with Crippen molar-refractivity contribution in [1.29, 1.82) is 0 Å². The normalized spacial score (nSPS) is 14.2. The molecule has 0 spiro atoms. The average molecular weight is 297 g/mol. The number of sulfone groups is 1. The zero-order valence-corrected chi connectivity index (χ0v) is 13.8. The lowest BCUT2D eigenvalue weighted by Crippen LogP contribution is -2.47. The summed E-state index contributed by atoms with van der Waals surface area (Å²) < 4.78 is 22.9. The van der Waals surface area contributed by atoms with Crippen LogP contribution in [-0.4, -0.2) is 33.5 Å². The van der Waals surface area contributed by atoms with Crippen LogP contribution in [0.15, 0.2) is 30.3 Å². The first-order valence-corrected chi connectivity index (χ1v) is 9.36. The topological polar surface area (TPSA) is 46.2 Å². The van der Waals surface area contributed by atoms with Gasteiger partial charge in [-0.1, -0.05) is 44.2 Å². The third kappa shape index (κ3) is 4.06. The quantitative estimate of drug-likeness (QED) is 0.802. The van der Waals surface area contributed by atoms with Crippen molar-refractivity contribution in [1.82, 2.24) is 5.32 Å². The zero-order chi connectivity index (χ0) is 15.2. The second-order valence-corrected chi connectivity index (χ2v) is 7.75. The summed E-state index contributed by atoms with van der Waals surface area (Å²) in [5.74, 6) is 0.229. The predicted octanol–water partition coefficient (Wildman–Crippen LogP) is 2.77. The number of hydrogen-bond donors (Lipinski definition) is 1. The van der Waals surface area contributed by atoms with E-state index in [2.05, 4.69) is 43.4 Å². The first-order chi connectivity index (χ1) is 9.39. The molecule has 114 valence electrons. The molecular formula is C16H27NO2S. The monoisotopic (exact) mass is 297 g/mol. The highest BCUT2D eigenvalue weighted by Crippen LogP contribution is 2.36. The van der Waals surface area contributed by atoms with E-state index in [4.69, 9.17) is 0 Å². The second kappa shape index (κ2) is 7.23. The summed E-state index contributed by atoms with van der Waals surface area (Å²) in [6.07, 6.45) is 3.93. The Morgan fingerprint density at radius 1 is 1.15 bits per heavy atom. The lowest BCUT2D eigenvalue weighted by Gasteiger charge is -2.40. The summed E-state index contributed by atoms with van der Waals surface area (Å²) in [4.78, 5) is 0. The Hall–Kier alpha value is -0.870. The molecule has 0 heterocycles. The van der Waals surface area contributed by atoms with Crippen LogP contribution >= 0.6 is 0 Å². The molecule has 0 fully saturated rings.